The summed E-state index contributed by atoms with van der Waals surface area (Å²) in [4.78, 5) is 28.4. The first-order valence-corrected chi connectivity index (χ1v) is 14.8. The standard InChI is InChI=1S/C16H10F7NO4.C9H6F5NO2.C7H5F3O2/c1-2-26-14(25)11-10(7-24-13(12(11)17)15(18,19)20)27-8-3-5-9(6-4-8)28-16(21,22)23;1-2-17-8(16)5-4(10)3-15-7(6(5)11)9(12,13)14;8-7(9,10)12-6-3-1-5(11)2-4-6/h3-7H,2H2,1H3;3H,2H2,1H3;1-4,11H. The van der Waals surface area contributed by atoms with Gasteiger partial charge in [0.05, 0.1) is 25.6 Å². The molecular weight excluding hydrogens is 825 g/mol. The molecule has 0 saturated carbocycles. The van der Waals surface area contributed by atoms with Gasteiger partial charge in [-0.2, -0.15) is 26.3 Å². The topological polar surface area (TPSA) is 126 Å². The number of benzene rings is 2. The lowest BCUT2D eigenvalue weighted by Gasteiger charge is -2.15. The van der Waals surface area contributed by atoms with Gasteiger partial charge in [0.25, 0.3) is 0 Å². The van der Waals surface area contributed by atoms with Gasteiger partial charge in [-0.25, -0.2) is 32.7 Å². The summed E-state index contributed by atoms with van der Waals surface area (Å²) in [6.45, 7) is 2.22. The van der Waals surface area contributed by atoms with Crippen LogP contribution in [0.5, 0.6) is 28.7 Å². The van der Waals surface area contributed by atoms with E-state index in [0.29, 0.717) is 6.20 Å². The number of hydrogen-bond acceptors (Lipinski definition) is 10. The highest BCUT2D eigenvalue weighted by Gasteiger charge is 2.41. The molecule has 0 spiro atoms. The molecule has 0 radical (unpaired) electrons. The van der Waals surface area contributed by atoms with Gasteiger partial charge in [-0.05, 0) is 62.4 Å². The summed E-state index contributed by atoms with van der Waals surface area (Å²) in [5.74, 6) is -10.5. The number of phenols is 1. The van der Waals surface area contributed by atoms with Crippen LogP contribution in [0.3, 0.4) is 0 Å². The molecule has 4 aromatic rings. The molecule has 2 heterocycles. The highest BCUT2D eigenvalue weighted by Crippen LogP contribution is 2.36. The molecule has 0 fully saturated rings. The molecule has 10 nitrogen and oxygen atoms in total. The average molecular weight is 846 g/mol. The van der Waals surface area contributed by atoms with Crippen LogP contribution in [0.25, 0.3) is 0 Å². The largest absolute Gasteiger partial charge is 0.573 e. The van der Waals surface area contributed by atoms with E-state index in [1.165, 1.54) is 13.8 Å². The fourth-order valence-corrected chi connectivity index (χ4v) is 3.68. The number of nitrogens with zero attached hydrogens (tertiary/aromatic N) is 2. The summed E-state index contributed by atoms with van der Waals surface area (Å²) in [6.07, 6.45) is -19.3. The molecule has 57 heavy (non-hydrogen) atoms. The van der Waals surface area contributed by atoms with Gasteiger partial charge < -0.3 is 28.8 Å². The SMILES string of the molecule is CCOC(=O)c1c(F)cnc(C(F)(F)F)c1F.CCOC(=O)c1c(Oc2ccc(OC(F)(F)F)cc2)cnc(C(F)(F)F)c1F.Oc1ccc(OC(F)(F)F)cc1. The Morgan fingerprint density at radius 3 is 1.35 bits per heavy atom. The highest BCUT2D eigenvalue weighted by molar-refractivity contribution is 5.93. The lowest BCUT2D eigenvalue weighted by Crippen LogP contribution is -2.18. The molecule has 0 aliphatic rings. The molecule has 4 rings (SSSR count). The van der Waals surface area contributed by atoms with Gasteiger partial charge in [0.1, 0.15) is 34.1 Å². The van der Waals surface area contributed by atoms with Gasteiger partial charge in [-0.1, -0.05) is 0 Å². The minimum Gasteiger partial charge on any atom is -0.508 e. The maximum Gasteiger partial charge on any atom is 0.573 e. The van der Waals surface area contributed by atoms with E-state index in [4.69, 9.17) is 9.84 Å². The molecular formula is C32H21F15N2O8. The average Bonchev–Trinajstić information content (AvgIpc) is 3.05. The van der Waals surface area contributed by atoms with Crippen LogP contribution in [0.1, 0.15) is 46.0 Å². The van der Waals surface area contributed by atoms with Crippen molar-refractivity contribution in [2.24, 2.45) is 0 Å². The first-order valence-electron chi connectivity index (χ1n) is 14.8. The highest BCUT2D eigenvalue weighted by atomic mass is 19.4. The van der Waals surface area contributed by atoms with E-state index < -0.39 is 88.5 Å². The summed E-state index contributed by atoms with van der Waals surface area (Å²) < 4.78 is 208. The number of alkyl halides is 12. The number of esters is 2. The van der Waals surface area contributed by atoms with Crippen LogP contribution in [0.2, 0.25) is 0 Å². The minimum atomic E-state index is -5.18. The normalized spacial score (nSPS) is 11.6. The number of phenolic OH excluding ortho intramolecular Hbond substituents is 1. The second kappa shape index (κ2) is 19.1. The second-order valence-electron chi connectivity index (χ2n) is 9.90. The summed E-state index contributed by atoms with van der Waals surface area (Å²) >= 11 is 0. The maximum absolute atomic E-state index is 14.2. The summed E-state index contributed by atoms with van der Waals surface area (Å²) in [6, 6.07) is 7.91. The Hall–Kier alpha value is -6.17. The Bertz CT molecular complexity index is 1970. The summed E-state index contributed by atoms with van der Waals surface area (Å²) in [7, 11) is 0. The van der Waals surface area contributed by atoms with E-state index in [1.807, 2.05) is 0 Å². The Morgan fingerprint density at radius 1 is 0.579 bits per heavy atom. The Balaban J connectivity index is 0.000000327. The molecule has 0 unspecified atom stereocenters. The minimum absolute atomic E-state index is 0.107. The zero-order chi connectivity index (χ0) is 43.5. The molecule has 25 heteroatoms. The van der Waals surface area contributed by atoms with Gasteiger partial charge in [-0.15, -0.1) is 26.3 Å². The summed E-state index contributed by atoms with van der Waals surface area (Å²) in [5, 5.41) is 8.72. The number of aromatic nitrogens is 2. The lowest BCUT2D eigenvalue weighted by molar-refractivity contribution is -0.275. The van der Waals surface area contributed by atoms with Gasteiger partial charge in [-0.3, -0.25) is 0 Å². The number of rotatable bonds is 8. The van der Waals surface area contributed by atoms with Gasteiger partial charge in [0, 0.05) is 0 Å². The second-order valence-corrected chi connectivity index (χ2v) is 9.90. The van der Waals surface area contributed by atoms with Crippen molar-refractivity contribution in [2.75, 3.05) is 13.2 Å². The van der Waals surface area contributed by atoms with Crippen LogP contribution in [0.15, 0.2) is 60.9 Å². The molecule has 2 aromatic heterocycles. The Labute approximate surface area is 308 Å². The smallest absolute Gasteiger partial charge is 0.508 e. The van der Waals surface area contributed by atoms with Crippen LogP contribution >= 0.6 is 0 Å². The van der Waals surface area contributed by atoms with Gasteiger partial charge in [0.15, 0.2) is 34.6 Å². The van der Waals surface area contributed by atoms with E-state index >= 15 is 0 Å². The molecule has 0 aliphatic carbocycles. The van der Waals surface area contributed by atoms with Crippen LogP contribution in [-0.2, 0) is 21.8 Å². The van der Waals surface area contributed by atoms with E-state index in [-0.39, 0.29) is 36.7 Å². The van der Waals surface area contributed by atoms with Crippen molar-refractivity contribution in [3.63, 3.8) is 0 Å². The third kappa shape index (κ3) is 14.8. The Morgan fingerprint density at radius 2 is 0.947 bits per heavy atom. The van der Waals surface area contributed by atoms with Crippen LogP contribution in [0, 0.1) is 17.5 Å². The molecule has 312 valence electrons. The molecule has 0 amide bonds. The molecule has 0 bridgehead atoms. The number of carbonyl (C=O) groups is 2. The van der Waals surface area contributed by atoms with Crippen LogP contribution < -0.4 is 14.2 Å². The summed E-state index contributed by atoms with van der Waals surface area (Å²) in [5.41, 5.74) is -6.45. The first-order chi connectivity index (χ1) is 26.2. The molecule has 0 aliphatic heterocycles. The fraction of sp³-hybridized carbons (Fsp3) is 0.250. The number of pyridine rings is 2. The van der Waals surface area contributed by atoms with Gasteiger partial charge in [0.2, 0.25) is 0 Å². The molecule has 1 N–H and O–H groups in total. The lowest BCUT2D eigenvalue weighted by atomic mass is 10.2. The van der Waals surface area contributed by atoms with Crippen molar-refractivity contribution in [3.8, 4) is 28.7 Å². The number of carbonyl (C=O) groups excluding carboxylic acids is 2. The predicted octanol–water partition coefficient (Wildman–Crippen LogP) is 9.95. The predicted molar refractivity (Wildman–Crippen MR) is 158 cm³/mol. The Kier molecular flexibility index (Phi) is 15.8. The van der Waals surface area contributed by atoms with E-state index in [9.17, 15) is 75.4 Å². The van der Waals surface area contributed by atoms with Crippen molar-refractivity contribution >= 4 is 11.9 Å². The van der Waals surface area contributed by atoms with E-state index in [2.05, 4.69) is 28.9 Å². The monoisotopic (exact) mass is 846 g/mol. The zero-order valence-electron chi connectivity index (χ0n) is 28.1. The number of halogens is 15. The van der Waals surface area contributed by atoms with Crippen molar-refractivity contribution in [1.29, 1.82) is 0 Å². The van der Waals surface area contributed by atoms with Crippen molar-refractivity contribution in [1.82, 2.24) is 9.97 Å². The van der Waals surface area contributed by atoms with Crippen molar-refractivity contribution in [3.05, 3.63) is 101 Å². The van der Waals surface area contributed by atoms with Crippen molar-refractivity contribution < 1.29 is 104 Å². The zero-order valence-corrected chi connectivity index (χ0v) is 28.1. The third-order valence-electron chi connectivity index (χ3n) is 5.81. The van der Waals surface area contributed by atoms with Crippen molar-refractivity contribution in [2.45, 2.75) is 38.9 Å². The third-order valence-corrected chi connectivity index (χ3v) is 5.81. The van der Waals surface area contributed by atoms with E-state index in [0.717, 1.165) is 48.5 Å². The van der Waals surface area contributed by atoms with Gasteiger partial charge >= 0.3 is 37.0 Å². The molecule has 2 aromatic carbocycles. The molecule has 0 atom stereocenters. The fourth-order valence-electron chi connectivity index (χ4n) is 3.68. The maximum atomic E-state index is 14.2. The number of hydrogen-bond donors (Lipinski definition) is 1. The van der Waals surface area contributed by atoms with Crippen LogP contribution in [0.4, 0.5) is 65.9 Å². The van der Waals surface area contributed by atoms with Crippen LogP contribution in [-0.4, -0.2) is 53.0 Å². The quantitative estimate of drug-likeness (QED) is 0.135. The molecule has 0 saturated heterocycles. The number of ether oxygens (including phenoxy) is 5. The number of aromatic hydroxyl groups is 1. The van der Waals surface area contributed by atoms with E-state index in [1.54, 1.807) is 0 Å². The first kappa shape index (κ1) is 47.0.